The number of benzene rings is 2. The first-order valence-corrected chi connectivity index (χ1v) is 10.3. The van der Waals surface area contributed by atoms with Gasteiger partial charge in [0.1, 0.15) is 29.9 Å². The van der Waals surface area contributed by atoms with Gasteiger partial charge in [0.2, 0.25) is 0 Å². The van der Waals surface area contributed by atoms with Crippen LogP contribution in [0.4, 0.5) is 8.78 Å². The summed E-state index contributed by atoms with van der Waals surface area (Å²) in [5.74, 6) is -1.96. The predicted octanol–water partition coefficient (Wildman–Crippen LogP) is 4.68. The van der Waals surface area contributed by atoms with E-state index >= 15 is 0 Å². The summed E-state index contributed by atoms with van der Waals surface area (Å²) in [6.45, 7) is 3.66. The van der Waals surface area contributed by atoms with Crippen molar-refractivity contribution in [3.63, 3.8) is 0 Å². The van der Waals surface area contributed by atoms with Crippen molar-refractivity contribution in [3.05, 3.63) is 88.3 Å². The molecule has 4 rings (SSSR count). The lowest BCUT2D eigenvalue weighted by atomic mass is 9.82. The van der Waals surface area contributed by atoms with E-state index in [0.717, 1.165) is 35.0 Å². The maximum Gasteiger partial charge on any atom is 0.137 e. The normalized spacial score (nSPS) is 14.4. The minimum Gasteiger partial charge on any atom is -0.382 e. The quantitative estimate of drug-likeness (QED) is 0.486. The van der Waals surface area contributed by atoms with Crippen molar-refractivity contribution in [3.8, 4) is 11.3 Å². The summed E-state index contributed by atoms with van der Waals surface area (Å²) in [7, 11) is 0. The molecule has 0 spiro atoms. The molecule has 2 aromatic carbocycles. The molecule has 4 aromatic rings. The Bertz CT molecular complexity index is 1140. The van der Waals surface area contributed by atoms with Crippen LogP contribution >= 0.6 is 11.3 Å². The Morgan fingerprint density at radius 3 is 2.63 bits per heavy atom. The molecule has 0 fully saturated rings. The molecule has 8 heteroatoms. The van der Waals surface area contributed by atoms with Gasteiger partial charge in [-0.1, -0.05) is 36.8 Å². The summed E-state index contributed by atoms with van der Waals surface area (Å²) in [5.41, 5.74) is 0.933. The van der Waals surface area contributed by atoms with E-state index in [1.54, 1.807) is 6.92 Å². The van der Waals surface area contributed by atoms with E-state index in [0.29, 0.717) is 5.01 Å². The van der Waals surface area contributed by atoms with Gasteiger partial charge >= 0.3 is 0 Å². The van der Waals surface area contributed by atoms with E-state index < -0.39 is 23.2 Å². The average molecular weight is 426 g/mol. The average Bonchev–Trinajstić information content (AvgIpc) is 3.42. The molecule has 2 heterocycles. The van der Waals surface area contributed by atoms with Crippen molar-refractivity contribution >= 4 is 11.3 Å². The van der Waals surface area contributed by atoms with Gasteiger partial charge in [-0.25, -0.2) is 23.4 Å². The lowest BCUT2D eigenvalue weighted by molar-refractivity contribution is -0.0114. The summed E-state index contributed by atoms with van der Waals surface area (Å²) in [6, 6.07) is 11.0. The zero-order valence-corrected chi connectivity index (χ0v) is 17.3. The Balaban J connectivity index is 1.75. The van der Waals surface area contributed by atoms with Gasteiger partial charge in [-0.15, -0.1) is 11.3 Å². The van der Waals surface area contributed by atoms with Crippen LogP contribution in [0.2, 0.25) is 0 Å². The van der Waals surface area contributed by atoms with Crippen molar-refractivity contribution < 1.29 is 13.9 Å². The molecule has 154 valence electrons. The Morgan fingerprint density at radius 1 is 1.17 bits per heavy atom. The zero-order valence-electron chi connectivity index (χ0n) is 16.5. The second-order valence-corrected chi connectivity index (χ2v) is 8.19. The molecule has 1 N–H and O–H groups in total. The Labute approximate surface area is 176 Å². The highest BCUT2D eigenvalue weighted by atomic mass is 32.1. The first-order valence-electron chi connectivity index (χ1n) is 9.39. The molecule has 0 aliphatic carbocycles. The van der Waals surface area contributed by atoms with Gasteiger partial charge in [0.05, 0.1) is 17.2 Å². The Hall–Kier alpha value is -2.97. The van der Waals surface area contributed by atoms with Crippen molar-refractivity contribution in [2.45, 2.75) is 31.9 Å². The summed E-state index contributed by atoms with van der Waals surface area (Å²) in [6.07, 6.45) is 2.75. The van der Waals surface area contributed by atoms with E-state index in [4.69, 9.17) is 0 Å². The number of aliphatic hydroxyl groups is 1. The largest absolute Gasteiger partial charge is 0.382 e. The molecule has 2 aromatic heterocycles. The molecule has 0 saturated heterocycles. The number of aromatic nitrogens is 4. The molecule has 30 heavy (non-hydrogen) atoms. The third-order valence-corrected chi connectivity index (χ3v) is 6.25. The smallest absolute Gasteiger partial charge is 0.137 e. The topological polar surface area (TPSA) is 63.8 Å². The number of thiazole rings is 1. The van der Waals surface area contributed by atoms with Crippen LogP contribution in [-0.2, 0) is 12.1 Å². The second kappa shape index (κ2) is 8.04. The molecule has 2 atom stereocenters. The number of rotatable bonds is 6. The summed E-state index contributed by atoms with van der Waals surface area (Å²) < 4.78 is 30.0. The van der Waals surface area contributed by atoms with Crippen molar-refractivity contribution in [1.29, 1.82) is 0 Å². The van der Waals surface area contributed by atoms with Gasteiger partial charge in [0, 0.05) is 22.4 Å². The van der Waals surface area contributed by atoms with Crippen LogP contribution in [0, 0.1) is 18.6 Å². The summed E-state index contributed by atoms with van der Waals surface area (Å²) >= 11 is 1.37. The molecule has 0 bridgehead atoms. The molecule has 0 radical (unpaired) electrons. The second-order valence-electron chi connectivity index (χ2n) is 7.30. The minimum absolute atomic E-state index is 0.103. The van der Waals surface area contributed by atoms with E-state index in [1.807, 2.05) is 36.6 Å². The maximum absolute atomic E-state index is 14.7. The van der Waals surface area contributed by atoms with Crippen molar-refractivity contribution in [2.24, 2.45) is 0 Å². The molecular formula is C22H20F2N4OS. The van der Waals surface area contributed by atoms with Crippen LogP contribution in [0.5, 0.6) is 0 Å². The highest BCUT2D eigenvalue weighted by Crippen LogP contribution is 2.41. The van der Waals surface area contributed by atoms with Gasteiger partial charge in [0.15, 0.2) is 0 Å². The van der Waals surface area contributed by atoms with Crippen LogP contribution < -0.4 is 0 Å². The number of hydrogen-bond donors (Lipinski definition) is 1. The minimum atomic E-state index is -1.79. The standard InChI is InChI=1S/C22H20F2N4OS/c1-14-3-5-16(6-4-14)20-10-30-21(27-20)15(2)22(29,11-28-13-25-12-26-28)18-9-17(23)7-8-19(18)24/h3-10,12-13,15,29H,11H2,1-2H3. The van der Waals surface area contributed by atoms with Gasteiger partial charge in [-0.05, 0) is 25.1 Å². The fourth-order valence-corrected chi connectivity index (χ4v) is 4.36. The summed E-state index contributed by atoms with van der Waals surface area (Å²) in [5, 5.41) is 18.2. The first-order chi connectivity index (χ1) is 14.4. The fraction of sp³-hybridized carbons (Fsp3) is 0.227. The van der Waals surface area contributed by atoms with Crippen molar-refractivity contribution in [2.75, 3.05) is 0 Å². The molecule has 2 unspecified atom stereocenters. The Morgan fingerprint density at radius 2 is 1.93 bits per heavy atom. The van der Waals surface area contributed by atoms with Crippen LogP contribution in [0.3, 0.4) is 0 Å². The number of nitrogens with zero attached hydrogens (tertiary/aromatic N) is 4. The van der Waals surface area contributed by atoms with E-state index in [-0.39, 0.29) is 12.1 Å². The van der Waals surface area contributed by atoms with E-state index in [2.05, 4.69) is 15.1 Å². The van der Waals surface area contributed by atoms with Crippen LogP contribution in [0.1, 0.15) is 29.0 Å². The predicted molar refractivity (Wildman–Crippen MR) is 111 cm³/mol. The molecule has 0 aliphatic rings. The highest BCUT2D eigenvalue weighted by molar-refractivity contribution is 7.10. The summed E-state index contributed by atoms with van der Waals surface area (Å²) in [4.78, 5) is 8.56. The third-order valence-electron chi connectivity index (χ3n) is 5.22. The van der Waals surface area contributed by atoms with E-state index in [9.17, 15) is 13.9 Å². The van der Waals surface area contributed by atoms with Gasteiger partial charge in [0.25, 0.3) is 0 Å². The fourth-order valence-electron chi connectivity index (χ4n) is 3.39. The molecule has 0 saturated carbocycles. The zero-order chi connectivity index (χ0) is 21.3. The number of hydrogen-bond acceptors (Lipinski definition) is 5. The monoisotopic (exact) mass is 426 g/mol. The Kier molecular flexibility index (Phi) is 5.44. The molecular weight excluding hydrogens is 406 g/mol. The maximum atomic E-state index is 14.7. The van der Waals surface area contributed by atoms with Crippen LogP contribution in [0.25, 0.3) is 11.3 Å². The first kappa shape index (κ1) is 20.3. The van der Waals surface area contributed by atoms with Gasteiger partial charge in [-0.3, -0.25) is 0 Å². The number of aryl methyl sites for hydroxylation is 1. The third kappa shape index (κ3) is 3.88. The van der Waals surface area contributed by atoms with Crippen LogP contribution in [0.15, 0.2) is 60.5 Å². The van der Waals surface area contributed by atoms with Crippen molar-refractivity contribution in [1.82, 2.24) is 19.7 Å². The lowest BCUT2D eigenvalue weighted by Gasteiger charge is -2.33. The van der Waals surface area contributed by atoms with Crippen LogP contribution in [-0.4, -0.2) is 24.9 Å². The lowest BCUT2D eigenvalue weighted by Crippen LogP contribution is -2.38. The van der Waals surface area contributed by atoms with Gasteiger partial charge < -0.3 is 5.11 Å². The van der Waals surface area contributed by atoms with E-state index in [1.165, 1.54) is 28.7 Å². The number of halogens is 2. The molecule has 5 nitrogen and oxygen atoms in total. The molecule has 0 amide bonds. The highest BCUT2D eigenvalue weighted by Gasteiger charge is 2.41. The van der Waals surface area contributed by atoms with Gasteiger partial charge in [-0.2, -0.15) is 5.10 Å². The SMILES string of the molecule is Cc1ccc(-c2csc(C(C)C(O)(Cn3cncn3)c3cc(F)ccc3F)n2)cc1. The molecule has 0 aliphatic heterocycles.